The summed E-state index contributed by atoms with van der Waals surface area (Å²) in [5.74, 6) is 0.293. The second-order valence-electron chi connectivity index (χ2n) is 7.45. The van der Waals surface area contributed by atoms with Crippen LogP contribution < -0.4 is 10.6 Å². The van der Waals surface area contributed by atoms with E-state index in [0.717, 1.165) is 19.3 Å². The molecule has 7 nitrogen and oxygen atoms in total. The van der Waals surface area contributed by atoms with E-state index in [1.165, 1.54) is 0 Å². The first-order valence-corrected chi connectivity index (χ1v) is 10.6. The number of piperidine rings is 1. The quantitative estimate of drug-likeness (QED) is 0.649. The fourth-order valence-electron chi connectivity index (χ4n) is 3.71. The number of carbonyl (C=O) groups is 3. The summed E-state index contributed by atoms with van der Waals surface area (Å²) in [6.45, 7) is 8.16. The molecule has 0 spiro atoms. The summed E-state index contributed by atoms with van der Waals surface area (Å²) in [5.41, 5.74) is 0.975. The molecule has 1 fully saturated rings. The third-order valence-corrected chi connectivity index (χ3v) is 5.35. The Bertz CT molecular complexity index is 707. The van der Waals surface area contributed by atoms with Crippen LogP contribution in [0.25, 0.3) is 0 Å². The predicted octanol–water partition coefficient (Wildman–Crippen LogP) is 3.66. The molecular weight excluding hydrogens is 370 g/mol. The van der Waals surface area contributed by atoms with Crippen LogP contribution in [-0.2, 0) is 9.53 Å². The van der Waals surface area contributed by atoms with Crippen molar-refractivity contribution < 1.29 is 19.1 Å². The van der Waals surface area contributed by atoms with Crippen LogP contribution in [0.1, 0.15) is 56.8 Å². The molecule has 0 bridgehead atoms. The molecule has 1 aliphatic rings. The van der Waals surface area contributed by atoms with Gasteiger partial charge in [-0.1, -0.05) is 26.3 Å². The van der Waals surface area contributed by atoms with Gasteiger partial charge in [0.1, 0.15) is 0 Å². The van der Waals surface area contributed by atoms with Crippen LogP contribution in [0.5, 0.6) is 0 Å². The van der Waals surface area contributed by atoms with Gasteiger partial charge in [0.15, 0.2) is 0 Å². The topological polar surface area (TPSA) is 87.7 Å². The lowest BCUT2D eigenvalue weighted by Gasteiger charge is -2.38. The number of nitrogens with one attached hydrogen (secondary N) is 2. The maximum atomic E-state index is 12.7. The van der Waals surface area contributed by atoms with E-state index >= 15 is 0 Å². The largest absolute Gasteiger partial charge is 0.462 e. The van der Waals surface area contributed by atoms with E-state index in [4.69, 9.17) is 4.74 Å². The van der Waals surface area contributed by atoms with Gasteiger partial charge in [0.25, 0.3) is 0 Å². The van der Waals surface area contributed by atoms with Crippen LogP contribution in [0.4, 0.5) is 10.5 Å². The Morgan fingerprint density at radius 1 is 1.17 bits per heavy atom. The molecule has 2 N–H and O–H groups in total. The number of ether oxygens (including phenoxy) is 1. The number of hydrogen-bond acceptors (Lipinski definition) is 4. The first kappa shape index (κ1) is 22.7. The van der Waals surface area contributed by atoms with Crippen LogP contribution in [0.15, 0.2) is 24.3 Å². The Hall–Kier alpha value is -2.57. The molecule has 2 atom stereocenters. The van der Waals surface area contributed by atoms with Crippen LogP contribution in [0.3, 0.4) is 0 Å². The average molecular weight is 404 g/mol. The number of rotatable bonds is 8. The molecule has 2 rings (SSSR count). The van der Waals surface area contributed by atoms with Gasteiger partial charge in [0, 0.05) is 31.7 Å². The summed E-state index contributed by atoms with van der Waals surface area (Å²) in [7, 11) is 0. The molecular formula is C22H33N3O4. The second kappa shape index (κ2) is 11.4. The number of hydrogen-bond donors (Lipinski definition) is 2. The van der Waals surface area contributed by atoms with Crippen molar-refractivity contribution in [3.63, 3.8) is 0 Å². The molecule has 1 saturated heterocycles. The SMILES string of the molecule is CCCNC(=O)CC1CCN(C(=O)Nc2cccc(C(=O)OCC)c2)CC1CC. The van der Waals surface area contributed by atoms with Crippen LogP contribution in [0.2, 0.25) is 0 Å². The van der Waals surface area contributed by atoms with E-state index in [-0.39, 0.29) is 11.9 Å². The standard InChI is InChI=1S/C22H33N3O4/c1-4-11-23-20(26)14-17-10-12-25(15-16(17)5-2)22(28)24-19-9-7-8-18(13-19)21(27)29-6-3/h7-9,13,16-17H,4-6,10-12,14-15H2,1-3H3,(H,23,26)(H,24,28). The number of carbonyl (C=O) groups excluding carboxylic acids is 3. The van der Waals surface area contributed by atoms with Crippen molar-refractivity contribution in [2.24, 2.45) is 11.8 Å². The van der Waals surface area contributed by atoms with E-state index < -0.39 is 5.97 Å². The zero-order valence-electron chi connectivity index (χ0n) is 17.7. The zero-order chi connectivity index (χ0) is 21.2. The van der Waals surface area contributed by atoms with Gasteiger partial charge in [0.2, 0.25) is 5.91 Å². The lowest BCUT2D eigenvalue weighted by atomic mass is 9.81. The first-order valence-electron chi connectivity index (χ1n) is 10.6. The van der Waals surface area contributed by atoms with Gasteiger partial charge in [0.05, 0.1) is 12.2 Å². The highest BCUT2D eigenvalue weighted by Gasteiger charge is 2.31. The minimum atomic E-state index is -0.406. The van der Waals surface area contributed by atoms with Crippen LogP contribution in [-0.4, -0.2) is 49.0 Å². The number of benzene rings is 1. The molecule has 0 aromatic heterocycles. The van der Waals surface area contributed by atoms with Gasteiger partial charge in [-0.05, 0) is 49.8 Å². The van der Waals surface area contributed by atoms with E-state index in [9.17, 15) is 14.4 Å². The van der Waals surface area contributed by atoms with Gasteiger partial charge in [-0.15, -0.1) is 0 Å². The van der Waals surface area contributed by atoms with E-state index in [2.05, 4.69) is 17.6 Å². The Morgan fingerprint density at radius 3 is 2.66 bits per heavy atom. The Kier molecular flexibility index (Phi) is 8.96. The minimum Gasteiger partial charge on any atom is -0.462 e. The van der Waals surface area contributed by atoms with Gasteiger partial charge < -0.3 is 20.3 Å². The van der Waals surface area contributed by atoms with Crippen molar-refractivity contribution in [3.05, 3.63) is 29.8 Å². The highest BCUT2D eigenvalue weighted by atomic mass is 16.5. The third kappa shape index (κ3) is 6.76. The number of nitrogens with zero attached hydrogens (tertiary/aromatic N) is 1. The summed E-state index contributed by atoms with van der Waals surface area (Å²) in [6.07, 6.45) is 3.19. The predicted molar refractivity (Wildman–Crippen MR) is 113 cm³/mol. The minimum absolute atomic E-state index is 0.101. The monoisotopic (exact) mass is 403 g/mol. The third-order valence-electron chi connectivity index (χ3n) is 5.35. The van der Waals surface area contributed by atoms with Crippen molar-refractivity contribution in [1.29, 1.82) is 0 Å². The number of esters is 1. The fraction of sp³-hybridized carbons (Fsp3) is 0.591. The molecule has 1 aromatic rings. The molecule has 1 aromatic carbocycles. The molecule has 160 valence electrons. The lowest BCUT2D eigenvalue weighted by molar-refractivity contribution is -0.122. The summed E-state index contributed by atoms with van der Waals surface area (Å²) in [6, 6.07) is 6.58. The number of amides is 3. The molecule has 0 aliphatic carbocycles. The van der Waals surface area contributed by atoms with Gasteiger partial charge >= 0.3 is 12.0 Å². The molecule has 1 aliphatic heterocycles. The maximum Gasteiger partial charge on any atom is 0.338 e. The Morgan fingerprint density at radius 2 is 1.97 bits per heavy atom. The van der Waals surface area contributed by atoms with Crippen molar-refractivity contribution in [2.45, 2.75) is 46.5 Å². The van der Waals surface area contributed by atoms with E-state index in [1.54, 1.807) is 36.1 Å². The number of likely N-dealkylation sites (tertiary alicyclic amines) is 1. The highest BCUT2D eigenvalue weighted by Crippen LogP contribution is 2.29. The van der Waals surface area contributed by atoms with Crippen LogP contribution >= 0.6 is 0 Å². The summed E-state index contributed by atoms with van der Waals surface area (Å²) < 4.78 is 5.01. The average Bonchev–Trinajstić information content (AvgIpc) is 2.72. The molecule has 1 heterocycles. The van der Waals surface area contributed by atoms with Gasteiger partial charge in [-0.25, -0.2) is 9.59 Å². The zero-order valence-corrected chi connectivity index (χ0v) is 17.7. The lowest BCUT2D eigenvalue weighted by Crippen LogP contribution is -2.46. The molecule has 2 unspecified atom stereocenters. The molecule has 3 amide bonds. The fourth-order valence-corrected chi connectivity index (χ4v) is 3.71. The summed E-state index contributed by atoms with van der Waals surface area (Å²) in [4.78, 5) is 38.5. The van der Waals surface area contributed by atoms with Crippen molar-refractivity contribution in [1.82, 2.24) is 10.2 Å². The molecule has 29 heavy (non-hydrogen) atoms. The molecule has 7 heteroatoms. The Labute approximate surface area is 173 Å². The van der Waals surface area contributed by atoms with E-state index in [1.807, 2.05) is 6.92 Å². The van der Waals surface area contributed by atoms with Crippen LogP contribution in [0, 0.1) is 11.8 Å². The number of anilines is 1. The summed E-state index contributed by atoms with van der Waals surface area (Å²) in [5, 5.41) is 5.82. The number of urea groups is 1. The first-order chi connectivity index (χ1) is 14.0. The van der Waals surface area contributed by atoms with E-state index in [0.29, 0.717) is 55.7 Å². The normalized spacial score (nSPS) is 18.8. The van der Waals surface area contributed by atoms with Crippen molar-refractivity contribution >= 4 is 23.6 Å². The highest BCUT2D eigenvalue weighted by molar-refractivity contribution is 5.94. The Balaban J connectivity index is 1.93. The van der Waals surface area contributed by atoms with Crippen molar-refractivity contribution in [2.75, 3.05) is 31.6 Å². The molecule has 0 saturated carbocycles. The van der Waals surface area contributed by atoms with Crippen molar-refractivity contribution in [3.8, 4) is 0 Å². The summed E-state index contributed by atoms with van der Waals surface area (Å²) >= 11 is 0. The smallest absolute Gasteiger partial charge is 0.338 e. The maximum absolute atomic E-state index is 12.7. The van der Waals surface area contributed by atoms with Gasteiger partial charge in [-0.3, -0.25) is 4.79 Å². The second-order valence-corrected chi connectivity index (χ2v) is 7.45. The molecule has 0 radical (unpaired) electrons. The van der Waals surface area contributed by atoms with Gasteiger partial charge in [-0.2, -0.15) is 0 Å².